The van der Waals surface area contributed by atoms with E-state index in [1.54, 1.807) is 17.0 Å². The standard InChI is InChI=1S/C15H18FN3O2S/c1-3-7-18-13(21)9-19(15(18)22)14(17-10(2)20)11-5-4-6-12(16)8-11/h4-6,8,14H,3,7,9H2,1-2H3,(H,17,20). The minimum absolute atomic E-state index is 0.0697. The largest absolute Gasteiger partial charge is 0.332 e. The van der Waals surface area contributed by atoms with E-state index in [0.29, 0.717) is 17.2 Å². The Kier molecular flexibility index (Phi) is 5.07. The second-order valence-electron chi connectivity index (χ2n) is 5.11. The zero-order chi connectivity index (χ0) is 16.3. The molecule has 1 aliphatic rings. The van der Waals surface area contributed by atoms with E-state index < -0.39 is 12.0 Å². The minimum atomic E-state index is -0.661. The highest BCUT2D eigenvalue weighted by Crippen LogP contribution is 2.24. The monoisotopic (exact) mass is 323 g/mol. The Balaban J connectivity index is 2.32. The van der Waals surface area contributed by atoms with Gasteiger partial charge in [-0.2, -0.15) is 0 Å². The summed E-state index contributed by atoms with van der Waals surface area (Å²) in [5, 5.41) is 3.09. The van der Waals surface area contributed by atoms with Crippen molar-refractivity contribution in [2.45, 2.75) is 26.4 Å². The molecule has 5 nitrogen and oxygen atoms in total. The van der Waals surface area contributed by atoms with Crippen molar-refractivity contribution < 1.29 is 14.0 Å². The lowest BCUT2D eigenvalue weighted by Crippen LogP contribution is -2.43. The van der Waals surface area contributed by atoms with E-state index in [0.717, 1.165) is 6.42 Å². The van der Waals surface area contributed by atoms with Crippen LogP contribution in [0.3, 0.4) is 0 Å². The van der Waals surface area contributed by atoms with Crippen molar-refractivity contribution in [2.75, 3.05) is 13.1 Å². The van der Waals surface area contributed by atoms with Gasteiger partial charge in [0.15, 0.2) is 5.11 Å². The van der Waals surface area contributed by atoms with Crippen molar-refractivity contribution in [3.05, 3.63) is 35.6 Å². The molecule has 22 heavy (non-hydrogen) atoms. The summed E-state index contributed by atoms with van der Waals surface area (Å²) < 4.78 is 13.5. The number of halogens is 1. The molecule has 118 valence electrons. The van der Waals surface area contributed by atoms with Gasteiger partial charge in [0.05, 0.1) is 0 Å². The maximum atomic E-state index is 13.5. The first kappa shape index (κ1) is 16.4. The number of hydrogen-bond donors (Lipinski definition) is 1. The van der Waals surface area contributed by atoms with Crippen LogP contribution in [0.1, 0.15) is 32.0 Å². The van der Waals surface area contributed by atoms with Crippen molar-refractivity contribution in [2.24, 2.45) is 0 Å². The molecule has 1 saturated heterocycles. The third-order valence-electron chi connectivity index (χ3n) is 3.35. The molecule has 2 amide bonds. The van der Waals surface area contributed by atoms with Gasteiger partial charge in [0, 0.05) is 13.5 Å². The van der Waals surface area contributed by atoms with Crippen LogP contribution in [0.15, 0.2) is 24.3 Å². The van der Waals surface area contributed by atoms with Gasteiger partial charge in [-0.15, -0.1) is 0 Å². The van der Waals surface area contributed by atoms with Crippen LogP contribution in [-0.4, -0.2) is 39.8 Å². The van der Waals surface area contributed by atoms with Crippen LogP contribution in [0.5, 0.6) is 0 Å². The average Bonchev–Trinajstić information content (AvgIpc) is 2.73. The van der Waals surface area contributed by atoms with Gasteiger partial charge in [-0.05, 0) is 36.3 Å². The van der Waals surface area contributed by atoms with E-state index in [9.17, 15) is 14.0 Å². The van der Waals surface area contributed by atoms with E-state index in [1.165, 1.54) is 24.0 Å². The highest BCUT2D eigenvalue weighted by Gasteiger charge is 2.37. The van der Waals surface area contributed by atoms with Gasteiger partial charge < -0.3 is 10.2 Å². The Morgan fingerprint density at radius 2 is 2.23 bits per heavy atom. The number of nitrogens with zero attached hydrogens (tertiary/aromatic N) is 2. The van der Waals surface area contributed by atoms with Crippen LogP contribution >= 0.6 is 12.2 Å². The third-order valence-corrected chi connectivity index (χ3v) is 3.80. The summed E-state index contributed by atoms with van der Waals surface area (Å²) in [7, 11) is 0. The molecule has 0 saturated carbocycles. The molecule has 1 N–H and O–H groups in total. The molecular weight excluding hydrogens is 305 g/mol. The van der Waals surface area contributed by atoms with Gasteiger partial charge in [0.1, 0.15) is 18.5 Å². The van der Waals surface area contributed by atoms with Crippen LogP contribution in [0.25, 0.3) is 0 Å². The lowest BCUT2D eigenvalue weighted by molar-refractivity contribution is -0.126. The molecule has 0 bridgehead atoms. The highest BCUT2D eigenvalue weighted by atomic mass is 32.1. The minimum Gasteiger partial charge on any atom is -0.332 e. The Bertz CT molecular complexity index is 608. The summed E-state index contributed by atoms with van der Waals surface area (Å²) in [5.74, 6) is -0.799. The van der Waals surface area contributed by atoms with Crippen molar-refractivity contribution in [1.82, 2.24) is 15.1 Å². The van der Waals surface area contributed by atoms with Gasteiger partial charge in [0.2, 0.25) is 11.8 Å². The van der Waals surface area contributed by atoms with Crippen molar-refractivity contribution in [1.29, 1.82) is 0 Å². The summed E-state index contributed by atoms with van der Waals surface area (Å²) in [6.45, 7) is 3.93. The summed E-state index contributed by atoms with van der Waals surface area (Å²) >= 11 is 5.35. The molecule has 0 aliphatic carbocycles. The number of benzene rings is 1. The number of rotatable bonds is 5. The molecule has 0 aromatic heterocycles. The molecule has 2 rings (SSSR count). The predicted molar refractivity (Wildman–Crippen MR) is 84.3 cm³/mol. The number of hydrogen-bond acceptors (Lipinski definition) is 3. The molecule has 0 radical (unpaired) electrons. The third kappa shape index (κ3) is 3.41. The normalized spacial score (nSPS) is 16.1. The van der Waals surface area contributed by atoms with Crippen molar-refractivity contribution >= 4 is 29.1 Å². The van der Waals surface area contributed by atoms with Crippen molar-refractivity contribution in [3.63, 3.8) is 0 Å². The summed E-state index contributed by atoms with van der Waals surface area (Å²) in [5.41, 5.74) is 0.545. The second kappa shape index (κ2) is 6.83. The fraction of sp³-hybridized carbons (Fsp3) is 0.400. The fourth-order valence-corrected chi connectivity index (χ4v) is 2.78. The molecule has 7 heteroatoms. The summed E-state index contributed by atoms with van der Waals surface area (Å²) in [6.07, 6.45) is 0.122. The van der Waals surface area contributed by atoms with Gasteiger partial charge >= 0.3 is 0 Å². The fourth-order valence-electron chi connectivity index (χ4n) is 2.42. The molecule has 1 aromatic rings. The Morgan fingerprint density at radius 1 is 1.50 bits per heavy atom. The zero-order valence-electron chi connectivity index (χ0n) is 12.5. The van der Waals surface area contributed by atoms with E-state index in [1.807, 2.05) is 6.92 Å². The second-order valence-corrected chi connectivity index (χ2v) is 5.48. The maximum Gasteiger partial charge on any atom is 0.248 e. The van der Waals surface area contributed by atoms with E-state index in [4.69, 9.17) is 12.2 Å². The van der Waals surface area contributed by atoms with Crippen LogP contribution in [-0.2, 0) is 9.59 Å². The summed E-state index contributed by atoms with van der Waals surface area (Å²) in [4.78, 5) is 26.7. The quantitative estimate of drug-likeness (QED) is 0.840. The van der Waals surface area contributed by atoms with Crippen LogP contribution in [0.4, 0.5) is 4.39 Å². The van der Waals surface area contributed by atoms with Gasteiger partial charge in [0.25, 0.3) is 0 Å². The van der Waals surface area contributed by atoms with Gasteiger partial charge in [-0.25, -0.2) is 4.39 Å². The number of amides is 2. The topological polar surface area (TPSA) is 52.7 Å². The molecule has 1 atom stereocenters. The number of carbonyl (C=O) groups excluding carboxylic acids is 2. The first-order chi connectivity index (χ1) is 10.4. The first-order valence-corrected chi connectivity index (χ1v) is 7.48. The Morgan fingerprint density at radius 3 is 2.82 bits per heavy atom. The zero-order valence-corrected chi connectivity index (χ0v) is 13.3. The predicted octanol–water partition coefficient (Wildman–Crippen LogP) is 1.80. The summed E-state index contributed by atoms with van der Waals surface area (Å²) in [6, 6.07) is 5.91. The Labute approximate surface area is 134 Å². The van der Waals surface area contributed by atoms with E-state index in [2.05, 4.69) is 5.32 Å². The van der Waals surface area contributed by atoms with Crippen LogP contribution < -0.4 is 5.32 Å². The lowest BCUT2D eigenvalue weighted by Gasteiger charge is -2.30. The van der Waals surface area contributed by atoms with E-state index in [-0.39, 0.29) is 18.4 Å². The molecule has 1 aromatic carbocycles. The van der Waals surface area contributed by atoms with Crippen LogP contribution in [0.2, 0.25) is 0 Å². The molecule has 1 fully saturated rings. The number of nitrogens with one attached hydrogen (secondary N) is 1. The Hall–Kier alpha value is -2.02. The average molecular weight is 323 g/mol. The molecule has 1 unspecified atom stereocenters. The highest BCUT2D eigenvalue weighted by molar-refractivity contribution is 7.80. The molecule has 1 heterocycles. The van der Waals surface area contributed by atoms with E-state index >= 15 is 0 Å². The van der Waals surface area contributed by atoms with Gasteiger partial charge in [-0.1, -0.05) is 19.1 Å². The number of thiocarbonyl (C=S) groups is 1. The molecule has 1 aliphatic heterocycles. The smallest absolute Gasteiger partial charge is 0.248 e. The molecular formula is C15H18FN3O2S. The van der Waals surface area contributed by atoms with Crippen molar-refractivity contribution in [3.8, 4) is 0 Å². The number of carbonyl (C=O) groups is 2. The first-order valence-electron chi connectivity index (χ1n) is 7.07. The van der Waals surface area contributed by atoms with Crippen LogP contribution in [0, 0.1) is 5.82 Å². The lowest BCUT2D eigenvalue weighted by atomic mass is 10.1. The van der Waals surface area contributed by atoms with Gasteiger partial charge in [-0.3, -0.25) is 14.5 Å². The SMILES string of the molecule is CCCN1C(=O)CN(C(NC(C)=O)c2cccc(F)c2)C1=S. The molecule has 0 spiro atoms. The maximum absolute atomic E-state index is 13.5.